The molecule has 1 amide bonds. The van der Waals surface area contributed by atoms with Crippen LogP contribution in [0.2, 0.25) is 0 Å². The van der Waals surface area contributed by atoms with Crippen molar-refractivity contribution in [2.45, 2.75) is 25.8 Å². The van der Waals surface area contributed by atoms with Gasteiger partial charge in [-0.3, -0.25) is 4.79 Å². The molecular weight excluding hydrogens is 356 g/mol. The van der Waals surface area contributed by atoms with Gasteiger partial charge < -0.3 is 15.4 Å². The van der Waals surface area contributed by atoms with Crippen LogP contribution in [0.5, 0.6) is 0 Å². The van der Waals surface area contributed by atoms with Crippen molar-refractivity contribution in [3.05, 3.63) is 57.8 Å². The molecule has 0 fully saturated rings. The van der Waals surface area contributed by atoms with Gasteiger partial charge in [-0.2, -0.15) is 0 Å². The predicted octanol–water partition coefficient (Wildman–Crippen LogP) is 3.56. The van der Waals surface area contributed by atoms with Gasteiger partial charge in [-0.1, -0.05) is 43.7 Å². The molecule has 1 atom stereocenters. The van der Waals surface area contributed by atoms with Crippen molar-refractivity contribution < 1.29 is 9.53 Å². The van der Waals surface area contributed by atoms with Gasteiger partial charge in [0.15, 0.2) is 0 Å². The van der Waals surface area contributed by atoms with E-state index >= 15 is 0 Å². The normalized spacial score (nSPS) is 11.6. The van der Waals surface area contributed by atoms with Crippen LogP contribution in [0.4, 0.5) is 0 Å². The fraction of sp³-hybridized carbons (Fsp3) is 0.421. The van der Waals surface area contributed by atoms with Crippen molar-refractivity contribution in [2.24, 2.45) is 0 Å². The summed E-state index contributed by atoms with van der Waals surface area (Å²) < 4.78 is 4.97. The van der Waals surface area contributed by atoms with E-state index in [4.69, 9.17) is 4.74 Å². The van der Waals surface area contributed by atoms with Crippen molar-refractivity contribution >= 4 is 29.7 Å². The van der Waals surface area contributed by atoms with Crippen molar-refractivity contribution in [3.8, 4) is 0 Å². The van der Waals surface area contributed by atoms with Gasteiger partial charge in [0.05, 0.1) is 19.2 Å². The number of nitrogens with one attached hydrogen (secondary N) is 2. The molecule has 2 aromatic rings. The summed E-state index contributed by atoms with van der Waals surface area (Å²) in [6.45, 7) is 3.73. The minimum absolute atomic E-state index is 0. The van der Waals surface area contributed by atoms with Crippen LogP contribution in [0.3, 0.4) is 0 Å². The number of amides is 1. The van der Waals surface area contributed by atoms with E-state index < -0.39 is 0 Å². The highest BCUT2D eigenvalue weighted by Gasteiger charge is 2.17. The number of carbonyl (C=O) groups excluding carboxylic acids is 1. The van der Waals surface area contributed by atoms with Crippen LogP contribution in [0, 0.1) is 0 Å². The maximum absolute atomic E-state index is 12.2. The zero-order valence-corrected chi connectivity index (χ0v) is 16.4. The van der Waals surface area contributed by atoms with Crippen LogP contribution in [-0.2, 0) is 16.0 Å². The van der Waals surface area contributed by atoms with Crippen molar-refractivity contribution in [1.82, 2.24) is 10.6 Å². The maximum atomic E-state index is 12.2. The number of hydrogen-bond donors (Lipinski definition) is 2. The summed E-state index contributed by atoms with van der Waals surface area (Å²) in [6.07, 6.45) is 2.22. The molecule has 0 saturated carbocycles. The summed E-state index contributed by atoms with van der Waals surface area (Å²) in [5.41, 5.74) is 2.45. The number of halogens is 1. The predicted molar refractivity (Wildman–Crippen MR) is 107 cm³/mol. The highest BCUT2D eigenvalue weighted by Crippen LogP contribution is 2.26. The monoisotopic (exact) mass is 382 g/mol. The Hall–Kier alpha value is -1.40. The van der Waals surface area contributed by atoms with E-state index in [0.717, 1.165) is 23.3 Å². The molecule has 4 nitrogen and oxygen atoms in total. The summed E-state index contributed by atoms with van der Waals surface area (Å²) in [6, 6.07) is 12.5. The first-order valence-corrected chi connectivity index (χ1v) is 9.23. The van der Waals surface area contributed by atoms with Crippen LogP contribution < -0.4 is 10.6 Å². The molecule has 0 radical (unpaired) electrons. The molecule has 0 bridgehead atoms. The second-order valence-electron chi connectivity index (χ2n) is 5.68. The van der Waals surface area contributed by atoms with Gasteiger partial charge in [-0.15, -0.1) is 23.7 Å². The molecule has 0 saturated heterocycles. The van der Waals surface area contributed by atoms with Crippen LogP contribution in [0.25, 0.3) is 0 Å². The SMILES string of the molecule is CCCc1ccc(C(NC(=O)CNCCOC)c2cccs2)cc1.Cl. The Labute approximate surface area is 160 Å². The molecule has 0 aliphatic rings. The smallest absolute Gasteiger partial charge is 0.234 e. The summed E-state index contributed by atoms with van der Waals surface area (Å²) in [5.74, 6) is -0.0119. The fourth-order valence-electron chi connectivity index (χ4n) is 2.53. The number of methoxy groups -OCH3 is 1. The number of ether oxygens (including phenoxy) is 1. The Morgan fingerprint density at radius 3 is 2.60 bits per heavy atom. The first kappa shape index (κ1) is 21.6. The Morgan fingerprint density at radius 2 is 2.00 bits per heavy atom. The molecule has 1 aromatic carbocycles. The number of hydrogen-bond acceptors (Lipinski definition) is 4. The van der Waals surface area contributed by atoms with Crippen LogP contribution in [-0.4, -0.2) is 32.7 Å². The molecule has 6 heteroatoms. The molecule has 25 heavy (non-hydrogen) atoms. The number of carbonyl (C=O) groups is 1. The minimum Gasteiger partial charge on any atom is -0.383 e. The molecule has 1 unspecified atom stereocenters. The number of benzene rings is 1. The van der Waals surface area contributed by atoms with E-state index in [1.807, 2.05) is 11.4 Å². The summed E-state index contributed by atoms with van der Waals surface area (Å²) in [4.78, 5) is 13.4. The largest absolute Gasteiger partial charge is 0.383 e. The van der Waals surface area contributed by atoms with E-state index in [0.29, 0.717) is 19.7 Å². The Balaban J connectivity index is 0.00000312. The lowest BCUT2D eigenvalue weighted by Gasteiger charge is -2.19. The maximum Gasteiger partial charge on any atom is 0.234 e. The Bertz CT molecular complexity index is 602. The van der Waals surface area contributed by atoms with E-state index in [-0.39, 0.29) is 24.4 Å². The van der Waals surface area contributed by atoms with Crippen molar-refractivity contribution in [1.29, 1.82) is 0 Å². The Morgan fingerprint density at radius 1 is 1.24 bits per heavy atom. The van der Waals surface area contributed by atoms with E-state index in [2.05, 4.69) is 47.9 Å². The molecule has 1 heterocycles. The minimum atomic E-state index is -0.0996. The third-order valence-corrected chi connectivity index (χ3v) is 4.69. The fourth-order valence-corrected chi connectivity index (χ4v) is 3.33. The highest BCUT2D eigenvalue weighted by molar-refractivity contribution is 7.10. The summed E-state index contributed by atoms with van der Waals surface area (Å²) in [5, 5.41) is 8.25. The van der Waals surface area contributed by atoms with E-state index in [9.17, 15) is 4.79 Å². The van der Waals surface area contributed by atoms with Gasteiger partial charge in [0.25, 0.3) is 0 Å². The second kappa shape index (κ2) is 12.0. The average Bonchev–Trinajstić information content (AvgIpc) is 3.12. The third kappa shape index (κ3) is 7.16. The highest BCUT2D eigenvalue weighted by atomic mass is 35.5. The lowest BCUT2D eigenvalue weighted by molar-refractivity contribution is -0.120. The lowest BCUT2D eigenvalue weighted by atomic mass is 10.0. The van der Waals surface area contributed by atoms with Gasteiger partial charge in [-0.05, 0) is 29.0 Å². The molecule has 0 aliphatic carbocycles. The number of thiophene rings is 1. The molecule has 138 valence electrons. The first-order chi connectivity index (χ1) is 11.7. The number of aryl methyl sites for hydroxylation is 1. The van der Waals surface area contributed by atoms with Gasteiger partial charge in [0.2, 0.25) is 5.91 Å². The van der Waals surface area contributed by atoms with Gasteiger partial charge in [0, 0.05) is 18.5 Å². The Kier molecular flexibility index (Phi) is 10.4. The van der Waals surface area contributed by atoms with Crippen LogP contribution in [0.15, 0.2) is 41.8 Å². The molecule has 2 rings (SSSR count). The molecule has 0 spiro atoms. The first-order valence-electron chi connectivity index (χ1n) is 8.35. The topological polar surface area (TPSA) is 50.4 Å². The van der Waals surface area contributed by atoms with E-state index in [1.54, 1.807) is 18.4 Å². The molecule has 1 aromatic heterocycles. The van der Waals surface area contributed by atoms with E-state index in [1.165, 1.54) is 5.56 Å². The van der Waals surface area contributed by atoms with Crippen LogP contribution >= 0.6 is 23.7 Å². The van der Waals surface area contributed by atoms with Crippen molar-refractivity contribution in [3.63, 3.8) is 0 Å². The zero-order valence-electron chi connectivity index (χ0n) is 14.8. The second-order valence-corrected chi connectivity index (χ2v) is 6.66. The molecule has 0 aliphatic heterocycles. The molecule has 2 N–H and O–H groups in total. The van der Waals surface area contributed by atoms with Gasteiger partial charge in [0.1, 0.15) is 0 Å². The van der Waals surface area contributed by atoms with Gasteiger partial charge >= 0.3 is 0 Å². The number of rotatable bonds is 10. The van der Waals surface area contributed by atoms with Gasteiger partial charge in [-0.25, -0.2) is 0 Å². The zero-order chi connectivity index (χ0) is 17.2. The van der Waals surface area contributed by atoms with Crippen molar-refractivity contribution in [2.75, 3.05) is 26.8 Å². The van der Waals surface area contributed by atoms with Crippen LogP contribution in [0.1, 0.15) is 35.4 Å². The summed E-state index contributed by atoms with van der Waals surface area (Å²) >= 11 is 1.66. The third-order valence-electron chi connectivity index (χ3n) is 3.75. The average molecular weight is 383 g/mol. The molecular formula is C19H27ClN2O2S. The quantitative estimate of drug-likeness (QED) is 0.617. The summed E-state index contributed by atoms with van der Waals surface area (Å²) in [7, 11) is 1.65. The lowest BCUT2D eigenvalue weighted by Crippen LogP contribution is -2.37. The standard InChI is InChI=1S/C19H26N2O2S.ClH/c1-3-5-15-7-9-16(10-8-15)19(17-6-4-13-24-17)21-18(22)14-20-11-12-23-2;/h4,6-10,13,19-20H,3,5,11-12,14H2,1-2H3,(H,21,22);1H.